The SMILES string of the molecule is Cc1c(C(=O)NCCCn2ccnc2)cnn1CCCN. The number of hydrogen-bond acceptors (Lipinski definition) is 4. The van der Waals surface area contributed by atoms with Gasteiger partial charge in [0.25, 0.3) is 5.91 Å². The van der Waals surface area contributed by atoms with Crippen LogP contribution in [0.3, 0.4) is 0 Å². The van der Waals surface area contributed by atoms with Crippen molar-refractivity contribution in [2.45, 2.75) is 32.9 Å². The maximum absolute atomic E-state index is 12.1. The molecule has 0 saturated carbocycles. The molecule has 0 atom stereocenters. The molecule has 0 aliphatic carbocycles. The number of aryl methyl sites for hydroxylation is 2. The first-order chi connectivity index (χ1) is 10.2. The number of nitrogens with two attached hydrogens (primary N) is 1. The summed E-state index contributed by atoms with van der Waals surface area (Å²) in [6, 6.07) is 0. The summed E-state index contributed by atoms with van der Waals surface area (Å²) in [5, 5.41) is 7.15. The topological polar surface area (TPSA) is 90.8 Å². The van der Waals surface area contributed by atoms with E-state index in [4.69, 9.17) is 5.73 Å². The second-order valence-electron chi connectivity index (χ2n) is 4.92. The zero-order valence-corrected chi connectivity index (χ0v) is 12.3. The summed E-state index contributed by atoms with van der Waals surface area (Å²) in [5.41, 5.74) is 7.01. The lowest BCUT2D eigenvalue weighted by molar-refractivity contribution is 0.0952. The molecule has 0 spiro atoms. The zero-order valence-electron chi connectivity index (χ0n) is 12.3. The third-order valence-electron chi connectivity index (χ3n) is 3.36. The zero-order chi connectivity index (χ0) is 15.1. The minimum atomic E-state index is -0.0721. The van der Waals surface area contributed by atoms with Crippen molar-refractivity contribution < 1.29 is 4.79 Å². The molecule has 7 heteroatoms. The highest BCUT2D eigenvalue weighted by molar-refractivity contribution is 5.94. The van der Waals surface area contributed by atoms with Crippen molar-refractivity contribution in [3.05, 3.63) is 36.2 Å². The Balaban J connectivity index is 1.79. The predicted molar refractivity (Wildman–Crippen MR) is 79.8 cm³/mol. The van der Waals surface area contributed by atoms with E-state index in [1.165, 1.54) is 0 Å². The normalized spacial score (nSPS) is 10.8. The third-order valence-corrected chi connectivity index (χ3v) is 3.36. The Morgan fingerprint density at radius 1 is 1.38 bits per heavy atom. The van der Waals surface area contributed by atoms with E-state index in [2.05, 4.69) is 15.4 Å². The van der Waals surface area contributed by atoms with Gasteiger partial charge in [-0.05, 0) is 26.3 Å². The second kappa shape index (κ2) is 7.58. The number of nitrogens with one attached hydrogen (secondary N) is 1. The van der Waals surface area contributed by atoms with Gasteiger partial charge in [-0.25, -0.2) is 4.98 Å². The van der Waals surface area contributed by atoms with Crippen molar-refractivity contribution in [1.29, 1.82) is 0 Å². The van der Waals surface area contributed by atoms with Gasteiger partial charge in [0.2, 0.25) is 0 Å². The van der Waals surface area contributed by atoms with Gasteiger partial charge in [0.1, 0.15) is 0 Å². The monoisotopic (exact) mass is 290 g/mol. The number of carbonyl (C=O) groups excluding carboxylic acids is 1. The van der Waals surface area contributed by atoms with Gasteiger partial charge in [0.15, 0.2) is 0 Å². The average molecular weight is 290 g/mol. The summed E-state index contributed by atoms with van der Waals surface area (Å²) in [4.78, 5) is 16.1. The Hall–Kier alpha value is -2.15. The van der Waals surface area contributed by atoms with Gasteiger partial charge in [-0.15, -0.1) is 0 Å². The largest absolute Gasteiger partial charge is 0.352 e. The molecule has 0 aliphatic rings. The molecule has 0 unspecified atom stereocenters. The van der Waals surface area contributed by atoms with Crippen molar-refractivity contribution >= 4 is 5.91 Å². The Kier molecular flexibility index (Phi) is 5.51. The lowest BCUT2D eigenvalue weighted by Crippen LogP contribution is -2.25. The van der Waals surface area contributed by atoms with Crippen molar-refractivity contribution in [2.75, 3.05) is 13.1 Å². The fourth-order valence-electron chi connectivity index (χ4n) is 2.11. The van der Waals surface area contributed by atoms with Crippen LogP contribution < -0.4 is 11.1 Å². The molecular weight excluding hydrogens is 268 g/mol. The Morgan fingerprint density at radius 2 is 2.24 bits per heavy atom. The number of amides is 1. The van der Waals surface area contributed by atoms with Crippen molar-refractivity contribution in [3.63, 3.8) is 0 Å². The van der Waals surface area contributed by atoms with E-state index in [-0.39, 0.29) is 5.91 Å². The van der Waals surface area contributed by atoms with E-state index in [0.717, 1.165) is 31.6 Å². The van der Waals surface area contributed by atoms with Crippen LogP contribution in [0.2, 0.25) is 0 Å². The molecule has 1 amide bonds. The highest BCUT2D eigenvalue weighted by Gasteiger charge is 2.13. The van der Waals surface area contributed by atoms with E-state index in [0.29, 0.717) is 18.7 Å². The first kappa shape index (κ1) is 15.2. The Bertz CT molecular complexity index is 560. The highest BCUT2D eigenvalue weighted by Crippen LogP contribution is 2.07. The van der Waals surface area contributed by atoms with Crippen LogP contribution in [0.25, 0.3) is 0 Å². The minimum absolute atomic E-state index is 0.0721. The smallest absolute Gasteiger partial charge is 0.254 e. The lowest BCUT2D eigenvalue weighted by atomic mass is 10.2. The number of imidazole rings is 1. The van der Waals surface area contributed by atoms with Crippen LogP contribution in [0.4, 0.5) is 0 Å². The maximum atomic E-state index is 12.1. The molecule has 2 aromatic rings. The highest BCUT2D eigenvalue weighted by atomic mass is 16.1. The summed E-state index contributed by atoms with van der Waals surface area (Å²) in [6.45, 7) is 4.74. The van der Waals surface area contributed by atoms with Crippen LogP contribution in [-0.4, -0.2) is 38.3 Å². The summed E-state index contributed by atoms with van der Waals surface area (Å²) >= 11 is 0. The van der Waals surface area contributed by atoms with Gasteiger partial charge in [-0.3, -0.25) is 9.48 Å². The van der Waals surface area contributed by atoms with Crippen LogP contribution in [0.1, 0.15) is 28.9 Å². The van der Waals surface area contributed by atoms with E-state index in [1.54, 1.807) is 18.7 Å². The molecule has 21 heavy (non-hydrogen) atoms. The number of nitrogens with zero attached hydrogens (tertiary/aromatic N) is 4. The molecule has 0 aromatic carbocycles. The first-order valence-corrected chi connectivity index (χ1v) is 7.18. The minimum Gasteiger partial charge on any atom is -0.352 e. The molecule has 0 saturated heterocycles. The van der Waals surface area contributed by atoms with Crippen LogP contribution in [-0.2, 0) is 13.1 Å². The first-order valence-electron chi connectivity index (χ1n) is 7.18. The molecule has 0 radical (unpaired) electrons. The van der Waals surface area contributed by atoms with E-state index < -0.39 is 0 Å². The molecule has 0 bridgehead atoms. The van der Waals surface area contributed by atoms with Crippen molar-refractivity contribution in [2.24, 2.45) is 5.73 Å². The molecule has 7 nitrogen and oxygen atoms in total. The van der Waals surface area contributed by atoms with Crippen LogP contribution in [0, 0.1) is 6.92 Å². The van der Waals surface area contributed by atoms with Crippen LogP contribution >= 0.6 is 0 Å². The van der Waals surface area contributed by atoms with E-state index in [1.807, 2.05) is 22.4 Å². The molecule has 2 heterocycles. The molecule has 2 aromatic heterocycles. The second-order valence-corrected chi connectivity index (χ2v) is 4.92. The summed E-state index contributed by atoms with van der Waals surface area (Å²) in [7, 11) is 0. The summed E-state index contributed by atoms with van der Waals surface area (Å²) in [5.74, 6) is -0.0721. The number of rotatable bonds is 8. The van der Waals surface area contributed by atoms with Gasteiger partial charge in [0.05, 0.1) is 18.1 Å². The predicted octanol–water partition coefficient (Wildman–Crippen LogP) is 0.557. The fourth-order valence-corrected chi connectivity index (χ4v) is 2.11. The fraction of sp³-hybridized carbons (Fsp3) is 0.500. The number of aromatic nitrogens is 4. The molecule has 0 aliphatic heterocycles. The molecule has 2 rings (SSSR count). The molecule has 114 valence electrons. The van der Waals surface area contributed by atoms with E-state index >= 15 is 0 Å². The summed E-state index contributed by atoms with van der Waals surface area (Å²) < 4.78 is 3.81. The van der Waals surface area contributed by atoms with Crippen LogP contribution in [0.5, 0.6) is 0 Å². The van der Waals surface area contributed by atoms with Gasteiger partial charge in [-0.1, -0.05) is 0 Å². The standard InChI is InChI=1S/C14H22N6O/c1-12-13(10-18-20(12)8-2-4-15)14(21)17-5-3-7-19-9-6-16-11-19/h6,9-11H,2-5,7-8,15H2,1H3,(H,17,21). The molecular formula is C14H22N6O. The third kappa shape index (κ3) is 4.16. The Morgan fingerprint density at radius 3 is 2.95 bits per heavy atom. The van der Waals surface area contributed by atoms with Gasteiger partial charge in [0, 0.05) is 37.7 Å². The number of hydrogen-bond donors (Lipinski definition) is 2. The van der Waals surface area contributed by atoms with Gasteiger partial charge >= 0.3 is 0 Å². The van der Waals surface area contributed by atoms with E-state index in [9.17, 15) is 4.79 Å². The molecule has 0 fully saturated rings. The molecule has 3 N–H and O–H groups in total. The van der Waals surface area contributed by atoms with Gasteiger partial charge in [-0.2, -0.15) is 5.10 Å². The van der Waals surface area contributed by atoms with Crippen molar-refractivity contribution in [3.8, 4) is 0 Å². The summed E-state index contributed by atoms with van der Waals surface area (Å²) in [6.07, 6.45) is 8.77. The lowest BCUT2D eigenvalue weighted by Gasteiger charge is -2.06. The van der Waals surface area contributed by atoms with Crippen molar-refractivity contribution in [1.82, 2.24) is 24.6 Å². The maximum Gasteiger partial charge on any atom is 0.254 e. The average Bonchev–Trinajstić information content (AvgIpc) is 3.11. The van der Waals surface area contributed by atoms with Gasteiger partial charge < -0.3 is 15.6 Å². The number of carbonyl (C=O) groups is 1. The van der Waals surface area contributed by atoms with Crippen LogP contribution in [0.15, 0.2) is 24.9 Å². The Labute approximate surface area is 124 Å². The quantitative estimate of drug-likeness (QED) is 0.695.